The van der Waals surface area contributed by atoms with Crippen molar-refractivity contribution in [3.05, 3.63) is 33.4 Å². The molecule has 0 unspecified atom stereocenters. The van der Waals surface area contributed by atoms with Gasteiger partial charge in [0.05, 0.1) is 32.6 Å². The van der Waals surface area contributed by atoms with E-state index in [1.807, 2.05) is 0 Å². The molecule has 0 aliphatic heterocycles. The van der Waals surface area contributed by atoms with E-state index in [2.05, 4.69) is 5.10 Å². The van der Waals surface area contributed by atoms with Crippen molar-refractivity contribution in [3.8, 4) is 11.3 Å². The molecule has 0 fully saturated rings. The van der Waals surface area contributed by atoms with Crippen molar-refractivity contribution in [2.24, 2.45) is 7.05 Å². The fourth-order valence-electron chi connectivity index (χ4n) is 1.50. The smallest absolute Gasteiger partial charge is 0.0909 e. The van der Waals surface area contributed by atoms with Gasteiger partial charge in [0.25, 0.3) is 0 Å². The Hall–Kier alpha value is -0.900. The number of hydrogen-bond acceptors (Lipinski definition) is 2. The summed E-state index contributed by atoms with van der Waals surface area (Å²) in [5.74, 6) is 0. The summed E-state index contributed by atoms with van der Waals surface area (Å²) < 4.78 is 1.66. The summed E-state index contributed by atoms with van der Waals surface area (Å²) in [6, 6.07) is 3.42. The van der Waals surface area contributed by atoms with Crippen LogP contribution in [0.5, 0.6) is 0 Å². The number of rotatable bonds is 1. The molecule has 0 atom stereocenters. The maximum atomic E-state index is 5.95. The van der Waals surface area contributed by atoms with Gasteiger partial charge in [-0.25, -0.2) is 0 Å². The summed E-state index contributed by atoms with van der Waals surface area (Å²) in [7, 11) is 1.79. The number of aryl methyl sites for hydroxylation is 1. The highest BCUT2D eigenvalue weighted by Crippen LogP contribution is 2.36. The largest absolute Gasteiger partial charge is 0.396 e. The van der Waals surface area contributed by atoms with Crippen molar-refractivity contribution in [2.75, 3.05) is 5.73 Å². The molecule has 0 saturated carbocycles. The number of aromatic nitrogens is 2. The molecule has 0 aliphatic carbocycles. The molecule has 0 radical (unpaired) electrons. The van der Waals surface area contributed by atoms with E-state index in [0.29, 0.717) is 20.8 Å². The molecule has 0 bridgehead atoms. The van der Waals surface area contributed by atoms with Crippen LogP contribution in [0.25, 0.3) is 11.3 Å². The monoisotopic (exact) mass is 275 g/mol. The molecule has 2 rings (SSSR count). The standard InChI is InChI=1S/C10H8Cl3N3/c1-16-10(8(14)4-15-16)5-2-6(11)9(13)7(12)3-5/h2-4H,14H2,1H3. The van der Waals surface area contributed by atoms with Gasteiger partial charge in [0, 0.05) is 12.6 Å². The van der Waals surface area contributed by atoms with Gasteiger partial charge in [-0.2, -0.15) is 5.10 Å². The second-order valence-electron chi connectivity index (χ2n) is 3.33. The van der Waals surface area contributed by atoms with Crippen molar-refractivity contribution >= 4 is 40.5 Å². The average Bonchev–Trinajstić information content (AvgIpc) is 2.54. The lowest BCUT2D eigenvalue weighted by atomic mass is 10.1. The Bertz CT molecular complexity index is 506. The molecule has 0 spiro atoms. The molecule has 0 amide bonds. The second-order valence-corrected chi connectivity index (χ2v) is 4.52. The van der Waals surface area contributed by atoms with Crippen LogP contribution in [0.15, 0.2) is 18.3 Å². The molecule has 2 N–H and O–H groups in total. The third-order valence-electron chi connectivity index (χ3n) is 2.22. The van der Waals surface area contributed by atoms with Gasteiger partial charge in [-0.15, -0.1) is 0 Å². The number of nitrogen functional groups attached to an aromatic ring is 1. The van der Waals surface area contributed by atoms with Crippen LogP contribution in [0, 0.1) is 0 Å². The fraction of sp³-hybridized carbons (Fsp3) is 0.100. The van der Waals surface area contributed by atoms with E-state index >= 15 is 0 Å². The van der Waals surface area contributed by atoms with Crippen LogP contribution in [0.3, 0.4) is 0 Å². The lowest BCUT2D eigenvalue weighted by Crippen LogP contribution is -1.96. The minimum Gasteiger partial charge on any atom is -0.396 e. The fourth-order valence-corrected chi connectivity index (χ4v) is 2.10. The Balaban J connectivity index is 2.66. The highest BCUT2D eigenvalue weighted by molar-refractivity contribution is 6.48. The van der Waals surface area contributed by atoms with Crippen LogP contribution in [0.2, 0.25) is 15.1 Å². The van der Waals surface area contributed by atoms with Gasteiger partial charge in [-0.1, -0.05) is 34.8 Å². The summed E-state index contributed by atoms with van der Waals surface area (Å²) in [5, 5.41) is 5.17. The lowest BCUT2D eigenvalue weighted by Gasteiger charge is -2.07. The van der Waals surface area contributed by atoms with Gasteiger partial charge in [0.15, 0.2) is 0 Å². The summed E-state index contributed by atoms with van der Waals surface area (Å²) >= 11 is 17.8. The van der Waals surface area contributed by atoms with Crippen LogP contribution < -0.4 is 5.73 Å². The van der Waals surface area contributed by atoms with E-state index in [-0.39, 0.29) is 0 Å². The second kappa shape index (κ2) is 4.17. The molecule has 1 aromatic heterocycles. The first kappa shape index (κ1) is 11.6. The maximum Gasteiger partial charge on any atom is 0.0909 e. The predicted molar refractivity (Wildman–Crippen MR) is 68.1 cm³/mol. The summed E-state index contributed by atoms with van der Waals surface area (Å²) in [5.41, 5.74) is 7.93. The Labute approximate surface area is 108 Å². The molecule has 2 aromatic rings. The summed E-state index contributed by atoms with van der Waals surface area (Å²) in [4.78, 5) is 0. The minimum atomic E-state index is 0.341. The number of halogens is 3. The van der Waals surface area contributed by atoms with E-state index in [4.69, 9.17) is 40.5 Å². The normalized spacial score (nSPS) is 10.8. The van der Waals surface area contributed by atoms with Crippen LogP contribution in [-0.4, -0.2) is 9.78 Å². The molecule has 6 heteroatoms. The lowest BCUT2D eigenvalue weighted by molar-refractivity contribution is 0.776. The molecule has 1 heterocycles. The van der Waals surface area contributed by atoms with Gasteiger partial charge < -0.3 is 5.73 Å². The Morgan fingerprint density at radius 3 is 2.19 bits per heavy atom. The third kappa shape index (κ3) is 1.86. The molecular weight excluding hydrogens is 268 g/mol. The topological polar surface area (TPSA) is 43.8 Å². The van der Waals surface area contributed by atoms with Gasteiger partial charge in [-0.05, 0) is 12.1 Å². The zero-order valence-electron chi connectivity index (χ0n) is 8.34. The van der Waals surface area contributed by atoms with E-state index in [9.17, 15) is 0 Å². The van der Waals surface area contributed by atoms with Crippen molar-refractivity contribution in [1.82, 2.24) is 9.78 Å². The highest BCUT2D eigenvalue weighted by atomic mass is 35.5. The SMILES string of the molecule is Cn1ncc(N)c1-c1cc(Cl)c(Cl)c(Cl)c1. The molecule has 1 aromatic carbocycles. The van der Waals surface area contributed by atoms with Crippen LogP contribution in [-0.2, 0) is 7.05 Å². The van der Waals surface area contributed by atoms with Crippen molar-refractivity contribution in [1.29, 1.82) is 0 Å². The maximum absolute atomic E-state index is 5.95. The van der Waals surface area contributed by atoms with Crippen LogP contribution >= 0.6 is 34.8 Å². The van der Waals surface area contributed by atoms with E-state index in [1.165, 1.54) is 0 Å². The van der Waals surface area contributed by atoms with E-state index < -0.39 is 0 Å². The highest BCUT2D eigenvalue weighted by Gasteiger charge is 2.12. The average molecular weight is 277 g/mol. The van der Waals surface area contributed by atoms with E-state index in [1.54, 1.807) is 30.1 Å². The molecule has 16 heavy (non-hydrogen) atoms. The predicted octanol–water partition coefficient (Wildman–Crippen LogP) is 3.63. The number of nitrogens with two attached hydrogens (primary N) is 1. The Morgan fingerprint density at radius 1 is 1.19 bits per heavy atom. The number of hydrogen-bond donors (Lipinski definition) is 1. The van der Waals surface area contributed by atoms with Gasteiger partial charge in [-0.3, -0.25) is 4.68 Å². The number of benzene rings is 1. The zero-order chi connectivity index (χ0) is 11.9. The van der Waals surface area contributed by atoms with Crippen molar-refractivity contribution in [2.45, 2.75) is 0 Å². The molecule has 0 saturated heterocycles. The summed E-state index contributed by atoms with van der Waals surface area (Å²) in [6.45, 7) is 0. The first-order chi connectivity index (χ1) is 7.50. The molecule has 3 nitrogen and oxygen atoms in total. The zero-order valence-corrected chi connectivity index (χ0v) is 10.6. The number of nitrogens with zero attached hydrogens (tertiary/aromatic N) is 2. The first-order valence-electron chi connectivity index (χ1n) is 4.43. The minimum absolute atomic E-state index is 0.341. The van der Waals surface area contributed by atoms with Crippen LogP contribution in [0.1, 0.15) is 0 Å². The van der Waals surface area contributed by atoms with Crippen molar-refractivity contribution in [3.63, 3.8) is 0 Å². The van der Waals surface area contributed by atoms with Gasteiger partial charge in [0.2, 0.25) is 0 Å². The summed E-state index contributed by atoms with van der Waals surface area (Å²) in [6.07, 6.45) is 1.58. The molecule has 84 valence electrons. The first-order valence-corrected chi connectivity index (χ1v) is 5.56. The van der Waals surface area contributed by atoms with Crippen molar-refractivity contribution < 1.29 is 0 Å². The van der Waals surface area contributed by atoms with Gasteiger partial charge in [0.1, 0.15) is 0 Å². The molecular formula is C10H8Cl3N3. The van der Waals surface area contributed by atoms with Gasteiger partial charge >= 0.3 is 0 Å². The van der Waals surface area contributed by atoms with E-state index in [0.717, 1.165) is 11.3 Å². The van der Waals surface area contributed by atoms with Crippen LogP contribution in [0.4, 0.5) is 5.69 Å². The number of anilines is 1. The quantitative estimate of drug-likeness (QED) is 0.808. The third-order valence-corrected chi connectivity index (χ3v) is 3.42. The Morgan fingerprint density at radius 2 is 1.75 bits per heavy atom. The Kier molecular flexibility index (Phi) is 3.02. The molecule has 0 aliphatic rings.